The Labute approximate surface area is 164 Å². The lowest BCUT2D eigenvalue weighted by Crippen LogP contribution is -2.04. The molecule has 0 saturated carbocycles. The minimum atomic E-state index is -3.59. The molecule has 0 saturated heterocycles. The van der Waals surface area contributed by atoms with E-state index in [1.165, 1.54) is 10.7 Å². The summed E-state index contributed by atoms with van der Waals surface area (Å²) in [6.07, 6.45) is 1.48. The van der Waals surface area contributed by atoms with Gasteiger partial charge in [-0.25, -0.2) is 12.9 Å². The molecule has 0 spiro atoms. The first-order valence-electron chi connectivity index (χ1n) is 8.17. The number of nitrogens with one attached hydrogen (secondary N) is 1. The van der Waals surface area contributed by atoms with E-state index in [2.05, 4.69) is 31.3 Å². The first-order valence-corrected chi connectivity index (χ1v) is 10.4. The van der Waals surface area contributed by atoms with Crippen molar-refractivity contribution in [3.63, 3.8) is 0 Å². The minimum absolute atomic E-state index is 0.172. The molecule has 0 fully saturated rings. The number of rotatable bonds is 5. The zero-order chi connectivity index (χ0) is 18.9. The number of hydrogen-bond donors (Lipinski definition) is 1. The molecule has 6 nitrogen and oxygen atoms in total. The molecule has 2 aromatic heterocycles. The maximum Gasteiger partial charge on any atom is 0.243 e. The molecule has 8 heteroatoms. The second-order valence-electron chi connectivity index (χ2n) is 5.90. The van der Waals surface area contributed by atoms with Gasteiger partial charge < -0.3 is 5.32 Å². The van der Waals surface area contributed by atoms with E-state index in [4.69, 9.17) is 0 Å². The fourth-order valence-corrected chi connectivity index (χ4v) is 4.15. The van der Waals surface area contributed by atoms with Gasteiger partial charge in [0.15, 0.2) is 5.65 Å². The summed E-state index contributed by atoms with van der Waals surface area (Å²) in [5, 5.41) is 7.49. The molecule has 0 bridgehead atoms. The van der Waals surface area contributed by atoms with Crippen molar-refractivity contribution >= 4 is 37.4 Å². The first kappa shape index (κ1) is 17.7. The molecule has 136 valence electrons. The predicted octanol–water partition coefficient (Wildman–Crippen LogP) is 3.94. The summed E-state index contributed by atoms with van der Waals surface area (Å²) in [5.74, 6) is 0.437. The predicted molar refractivity (Wildman–Crippen MR) is 106 cm³/mol. The Morgan fingerprint density at radius 2 is 1.67 bits per heavy atom. The van der Waals surface area contributed by atoms with Crippen LogP contribution in [-0.4, -0.2) is 23.0 Å². The number of anilines is 1. The van der Waals surface area contributed by atoms with Crippen molar-refractivity contribution in [2.24, 2.45) is 0 Å². The fourth-order valence-electron chi connectivity index (χ4n) is 2.62. The molecule has 2 aromatic carbocycles. The van der Waals surface area contributed by atoms with Crippen LogP contribution in [0.15, 0.2) is 87.2 Å². The summed E-state index contributed by atoms with van der Waals surface area (Å²) in [6, 6.07) is 19.5. The second kappa shape index (κ2) is 7.13. The van der Waals surface area contributed by atoms with Gasteiger partial charge >= 0.3 is 0 Å². The van der Waals surface area contributed by atoms with Crippen LogP contribution in [0.25, 0.3) is 5.65 Å². The van der Waals surface area contributed by atoms with Crippen LogP contribution < -0.4 is 5.32 Å². The highest BCUT2D eigenvalue weighted by Gasteiger charge is 2.18. The van der Waals surface area contributed by atoms with Crippen LogP contribution in [0.5, 0.6) is 0 Å². The van der Waals surface area contributed by atoms with E-state index < -0.39 is 9.84 Å². The van der Waals surface area contributed by atoms with Crippen molar-refractivity contribution in [1.82, 2.24) is 14.6 Å². The average molecular weight is 443 g/mol. The van der Waals surface area contributed by atoms with Crippen LogP contribution in [0, 0.1) is 0 Å². The van der Waals surface area contributed by atoms with E-state index in [0.717, 1.165) is 10.0 Å². The molecule has 0 atom stereocenters. The van der Waals surface area contributed by atoms with E-state index in [1.54, 1.807) is 42.5 Å². The molecule has 27 heavy (non-hydrogen) atoms. The van der Waals surface area contributed by atoms with Crippen LogP contribution in [0.1, 0.15) is 5.56 Å². The van der Waals surface area contributed by atoms with Crippen molar-refractivity contribution in [3.05, 3.63) is 83.0 Å². The molecule has 0 unspecified atom stereocenters. The molecule has 0 aliphatic carbocycles. The third-order valence-corrected chi connectivity index (χ3v) is 6.32. The van der Waals surface area contributed by atoms with E-state index in [0.29, 0.717) is 18.1 Å². The summed E-state index contributed by atoms with van der Waals surface area (Å²) in [7, 11) is -3.59. The van der Waals surface area contributed by atoms with Crippen molar-refractivity contribution in [2.45, 2.75) is 16.3 Å². The molecular weight excluding hydrogens is 428 g/mol. The highest BCUT2D eigenvalue weighted by atomic mass is 79.9. The van der Waals surface area contributed by atoms with Gasteiger partial charge in [-0.1, -0.05) is 46.3 Å². The number of aromatic nitrogens is 3. The molecule has 0 radical (unpaired) electrons. The van der Waals surface area contributed by atoms with Gasteiger partial charge in [0.1, 0.15) is 0 Å². The Balaban J connectivity index is 1.59. The zero-order valence-corrected chi connectivity index (χ0v) is 16.5. The van der Waals surface area contributed by atoms with E-state index in [9.17, 15) is 8.42 Å². The number of sulfone groups is 1. The largest absolute Gasteiger partial charge is 0.349 e. The van der Waals surface area contributed by atoms with Gasteiger partial charge in [0, 0.05) is 11.0 Å². The van der Waals surface area contributed by atoms with Gasteiger partial charge in [-0.3, -0.25) is 0 Å². The summed E-state index contributed by atoms with van der Waals surface area (Å²) in [5.41, 5.74) is 1.66. The molecule has 0 aliphatic heterocycles. The fraction of sp³-hybridized carbons (Fsp3) is 0.0526. The molecule has 4 aromatic rings. The molecule has 1 N–H and O–H groups in total. The highest BCUT2D eigenvalue weighted by Crippen LogP contribution is 2.21. The van der Waals surface area contributed by atoms with Crippen molar-refractivity contribution in [1.29, 1.82) is 0 Å². The Kier molecular flexibility index (Phi) is 4.67. The number of hydrogen-bond acceptors (Lipinski definition) is 5. The quantitative estimate of drug-likeness (QED) is 0.506. The van der Waals surface area contributed by atoms with Crippen LogP contribution >= 0.6 is 15.9 Å². The summed E-state index contributed by atoms with van der Waals surface area (Å²) >= 11 is 3.41. The zero-order valence-electron chi connectivity index (χ0n) is 14.1. The molecule has 2 heterocycles. The van der Waals surface area contributed by atoms with Crippen LogP contribution in [0.3, 0.4) is 0 Å². The Morgan fingerprint density at radius 1 is 0.926 bits per heavy atom. The molecular formula is C19H15BrN4O2S. The maximum absolute atomic E-state index is 12.7. The Bertz CT molecular complexity index is 1190. The number of halogens is 1. The normalized spacial score (nSPS) is 11.6. The third-order valence-electron chi connectivity index (χ3n) is 4.03. The number of pyridine rings is 1. The molecule has 0 amide bonds. The van der Waals surface area contributed by atoms with Crippen LogP contribution in [0.4, 0.5) is 5.95 Å². The van der Waals surface area contributed by atoms with Gasteiger partial charge in [-0.15, -0.1) is 5.10 Å². The highest BCUT2D eigenvalue weighted by molar-refractivity contribution is 9.10. The lowest BCUT2D eigenvalue weighted by molar-refractivity contribution is 0.595. The first-order chi connectivity index (χ1) is 13.0. The summed E-state index contributed by atoms with van der Waals surface area (Å²) in [6.45, 7) is 0.569. The smallest absolute Gasteiger partial charge is 0.243 e. The van der Waals surface area contributed by atoms with E-state index >= 15 is 0 Å². The van der Waals surface area contributed by atoms with Gasteiger partial charge in [-0.05, 0) is 42.0 Å². The summed E-state index contributed by atoms with van der Waals surface area (Å²) in [4.78, 5) is 4.80. The second-order valence-corrected chi connectivity index (χ2v) is 8.76. The number of benzene rings is 2. The Morgan fingerprint density at radius 3 is 2.41 bits per heavy atom. The molecule has 4 rings (SSSR count). The van der Waals surface area contributed by atoms with Crippen LogP contribution in [-0.2, 0) is 16.4 Å². The monoisotopic (exact) mass is 442 g/mol. The average Bonchev–Trinajstić information content (AvgIpc) is 3.10. The van der Waals surface area contributed by atoms with Crippen molar-refractivity contribution < 1.29 is 8.42 Å². The molecule has 0 aliphatic rings. The van der Waals surface area contributed by atoms with Crippen LogP contribution in [0.2, 0.25) is 0 Å². The standard InChI is InChI=1S/C19H15BrN4O2S/c20-15-8-6-14(7-9-15)12-21-19-22-18-11-10-17(13-24(18)23-19)27(25,26)16-4-2-1-3-5-16/h1-11,13H,12H2,(H,21,23). The van der Waals surface area contributed by atoms with Gasteiger partial charge in [0.25, 0.3) is 0 Å². The Hall–Kier alpha value is -2.71. The lowest BCUT2D eigenvalue weighted by atomic mass is 10.2. The lowest BCUT2D eigenvalue weighted by Gasteiger charge is -2.04. The van der Waals surface area contributed by atoms with Gasteiger partial charge in [-0.2, -0.15) is 4.98 Å². The maximum atomic E-state index is 12.7. The minimum Gasteiger partial charge on any atom is -0.349 e. The van der Waals surface area contributed by atoms with Gasteiger partial charge in [0.05, 0.1) is 16.0 Å². The topological polar surface area (TPSA) is 76.4 Å². The van der Waals surface area contributed by atoms with Crippen molar-refractivity contribution in [3.8, 4) is 0 Å². The van der Waals surface area contributed by atoms with E-state index in [-0.39, 0.29) is 9.79 Å². The van der Waals surface area contributed by atoms with E-state index in [1.807, 2.05) is 24.3 Å². The number of fused-ring (bicyclic) bond motifs is 1. The third kappa shape index (κ3) is 3.72. The van der Waals surface area contributed by atoms with Gasteiger partial charge in [0.2, 0.25) is 15.8 Å². The SMILES string of the molecule is O=S(=O)(c1ccccc1)c1ccc2nc(NCc3ccc(Br)cc3)nn2c1. The summed E-state index contributed by atoms with van der Waals surface area (Å²) < 4.78 is 28.0. The van der Waals surface area contributed by atoms with Crippen molar-refractivity contribution in [2.75, 3.05) is 5.32 Å². The number of nitrogens with zero attached hydrogens (tertiary/aromatic N) is 3.